The standard InChI is InChI=1S/C13H17FN2S2/c1-8-6-12-11(7-10(8)14)15-13(17)16(12)9(2)4-5-18-3/h6-7,9H,4-5H2,1-3H3,(H,15,17). The first-order valence-electron chi connectivity index (χ1n) is 5.94. The first-order chi connectivity index (χ1) is 8.54. The highest BCUT2D eigenvalue weighted by atomic mass is 32.2. The van der Waals surface area contributed by atoms with Crippen molar-refractivity contribution in [2.45, 2.75) is 26.3 Å². The number of H-pyrrole nitrogens is 1. The topological polar surface area (TPSA) is 20.7 Å². The van der Waals surface area contributed by atoms with Crippen LogP contribution >= 0.6 is 24.0 Å². The molecule has 5 heteroatoms. The monoisotopic (exact) mass is 284 g/mol. The van der Waals surface area contributed by atoms with Gasteiger partial charge in [-0.1, -0.05) is 0 Å². The van der Waals surface area contributed by atoms with Gasteiger partial charge in [-0.25, -0.2) is 4.39 Å². The van der Waals surface area contributed by atoms with Gasteiger partial charge in [0.15, 0.2) is 4.77 Å². The second kappa shape index (κ2) is 5.45. The average Bonchev–Trinajstić information content (AvgIpc) is 2.62. The summed E-state index contributed by atoms with van der Waals surface area (Å²) < 4.78 is 16.3. The maximum Gasteiger partial charge on any atom is 0.178 e. The number of halogens is 1. The van der Waals surface area contributed by atoms with Crippen molar-refractivity contribution in [2.24, 2.45) is 0 Å². The molecular formula is C13H17FN2S2. The molecule has 1 aromatic heterocycles. The highest BCUT2D eigenvalue weighted by Gasteiger charge is 2.12. The second-order valence-corrected chi connectivity index (χ2v) is 5.92. The van der Waals surface area contributed by atoms with Crippen LogP contribution in [0, 0.1) is 17.5 Å². The van der Waals surface area contributed by atoms with Crippen LogP contribution < -0.4 is 0 Å². The molecule has 2 rings (SSSR count). The summed E-state index contributed by atoms with van der Waals surface area (Å²) in [6.45, 7) is 3.93. The number of benzene rings is 1. The molecule has 0 saturated heterocycles. The van der Waals surface area contributed by atoms with Crippen LogP contribution in [-0.2, 0) is 0 Å². The van der Waals surface area contributed by atoms with E-state index in [1.165, 1.54) is 6.07 Å². The Morgan fingerprint density at radius 1 is 1.50 bits per heavy atom. The van der Waals surface area contributed by atoms with Crippen LogP contribution in [0.5, 0.6) is 0 Å². The Kier molecular flexibility index (Phi) is 4.12. The van der Waals surface area contributed by atoms with E-state index in [0.29, 0.717) is 16.4 Å². The predicted octanol–water partition coefficient (Wildman–Crippen LogP) is 4.46. The summed E-state index contributed by atoms with van der Waals surface area (Å²) in [4.78, 5) is 3.08. The molecule has 0 radical (unpaired) electrons. The minimum atomic E-state index is -0.192. The Hall–Kier alpha value is -0.810. The molecule has 0 amide bonds. The number of rotatable bonds is 4. The first kappa shape index (κ1) is 13.6. The summed E-state index contributed by atoms with van der Waals surface area (Å²) in [6.07, 6.45) is 3.15. The largest absolute Gasteiger partial charge is 0.330 e. The summed E-state index contributed by atoms with van der Waals surface area (Å²) >= 11 is 7.17. The maximum absolute atomic E-state index is 13.5. The van der Waals surface area contributed by atoms with Crippen molar-refractivity contribution in [1.82, 2.24) is 9.55 Å². The maximum atomic E-state index is 13.5. The van der Waals surface area contributed by atoms with Gasteiger partial charge in [0.2, 0.25) is 0 Å². The van der Waals surface area contributed by atoms with E-state index in [2.05, 4.69) is 22.7 Å². The quantitative estimate of drug-likeness (QED) is 0.837. The van der Waals surface area contributed by atoms with E-state index in [-0.39, 0.29) is 5.82 Å². The third-order valence-electron chi connectivity index (χ3n) is 3.18. The van der Waals surface area contributed by atoms with Crippen molar-refractivity contribution >= 4 is 35.0 Å². The second-order valence-electron chi connectivity index (χ2n) is 4.55. The van der Waals surface area contributed by atoms with E-state index in [1.54, 1.807) is 6.92 Å². The van der Waals surface area contributed by atoms with Gasteiger partial charge < -0.3 is 9.55 Å². The summed E-state index contributed by atoms with van der Waals surface area (Å²) in [5.74, 6) is 0.901. The Morgan fingerprint density at radius 3 is 2.89 bits per heavy atom. The molecule has 0 aliphatic carbocycles. The number of hydrogen-bond donors (Lipinski definition) is 1. The molecule has 98 valence electrons. The number of fused-ring (bicyclic) bond motifs is 1. The van der Waals surface area contributed by atoms with Crippen molar-refractivity contribution in [2.75, 3.05) is 12.0 Å². The summed E-state index contributed by atoms with van der Waals surface area (Å²) in [7, 11) is 0. The summed E-state index contributed by atoms with van der Waals surface area (Å²) in [5, 5.41) is 0. The molecule has 0 fully saturated rings. The van der Waals surface area contributed by atoms with E-state index in [9.17, 15) is 4.39 Å². The molecule has 0 aliphatic rings. The molecule has 0 bridgehead atoms. The Bertz CT molecular complexity index is 615. The highest BCUT2D eigenvalue weighted by Crippen LogP contribution is 2.24. The minimum absolute atomic E-state index is 0.192. The molecule has 1 heterocycles. The van der Waals surface area contributed by atoms with Gasteiger partial charge in [-0.3, -0.25) is 0 Å². The number of imidazole rings is 1. The molecule has 0 spiro atoms. The molecular weight excluding hydrogens is 267 g/mol. The molecule has 1 aromatic carbocycles. The number of nitrogens with one attached hydrogen (secondary N) is 1. The first-order valence-corrected chi connectivity index (χ1v) is 7.74. The van der Waals surface area contributed by atoms with E-state index in [1.807, 2.05) is 17.8 Å². The van der Waals surface area contributed by atoms with E-state index >= 15 is 0 Å². The smallest absolute Gasteiger partial charge is 0.178 e. The Labute approximate surface area is 116 Å². The fourth-order valence-corrected chi connectivity index (χ4v) is 3.07. The van der Waals surface area contributed by atoms with Crippen LogP contribution in [0.3, 0.4) is 0 Å². The van der Waals surface area contributed by atoms with Gasteiger partial charge in [0.05, 0.1) is 11.0 Å². The molecule has 2 aromatic rings. The zero-order valence-corrected chi connectivity index (χ0v) is 12.4. The van der Waals surface area contributed by atoms with Gasteiger partial charge in [0.25, 0.3) is 0 Å². The van der Waals surface area contributed by atoms with Gasteiger partial charge in [-0.15, -0.1) is 0 Å². The van der Waals surface area contributed by atoms with Gasteiger partial charge >= 0.3 is 0 Å². The van der Waals surface area contributed by atoms with Crippen LogP contribution in [0.2, 0.25) is 0 Å². The zero-order valence-electron chi connectivity index (χ0n) is 10.8. The Balaban J connectivity index is 2.53. The SMILES string of the molecule is CSCCC(C)n1c(=S)[nH]c2cc(F)c(C)cc21. The number of aromatic nitrogens is 2. The van der Waals surface area contributed by atoms with Crippen molar-refractivity contribution < 1.29 is 4.39 Å². The zero-order chi connectivity index (χ0) is 13.3. The van der Waals surface area contributed by atoms with Gasteiger partial charge in [0.1, 0.15) is 5.82 Å². The number of thioether (sulfide) groups is 1. The number of aromatic amines is 1. The van der Waals surface area contributed by atoms with Crippen LogP contribution in [0.4, 0.5) is 4.39 Å². The molecule has 18 heavy (non-hydrogen) atoms. The lowest BCUT2D eigenvalue weighted by atomic mass is 10.2. The molecule has 1 N–H and O–H groups in total. The lowest BCUT2D eigenvalue weighted by molar-refractivity contribution is 0.542. The third-order valence-corrected chi connectivity index (χ3v) is 4.12. The fraction of sp³-hybridized carbons (Fsp3) is 0.462. The van der Waals surface area contributed by atoms with Crippen LogP contribution in [-0.4, -0.2) is 21.6 Å². The fourth-order valence-electron chi connectivity index (χ4n) is 2.11. The molecule has 2 nitrogen and oxygen atoms in total. The minimum Gasteiger partial charge on any atom is -0.330 e. The van der Waals surface area contributed by atoms with Crippen molar-refractivity contribution in [3.8, 4) is 0 Å². The van der Waals surface area contributed by atoms with Crippen molar-refractivity contribution in [3.63, 3.8) is 0 Å². The molecule has 0 aliphatic heterocycles. The number of aryl methyl sites for hydroxylation is 1. The van der Waals surface area contributed by atoms with Crippen LogP contribution in [0.25, 0.3) is 11.0 Å². The molecule has 1 unspecified atom stereocenters. The summed E-state index contributed by atoms with van der Waals surface area (Å²) in [5.41, 5.74) is 2.42. The molecule has 1 atom stereocenters. The Morgan fingerprint density at radius 2 is 2.22 bits per heavy atom. The van der Waals surface area contributed by atoms with E-state index in [4.69, 9.17) is 12.2 Å². The number of nitrogens with zero attached hydrogens (tertiary/aromatic N) is 1. The van der Waals surface area contributed by atoms with Crippen LogP contribution in [0.15, 0.2) is 12.1 Å². The van der Waals surface area contributed by atoms with Gasteiger partial charge in [-0.2, -0.15) is 11.8 Å². The lowest BCUT2D eigenvalue weighted by Crippen LogP contribution is -2.06. The van der Waals surface area contributed by atoms with Crippen LogP contribution in [0.1, 0.15) is 24.9 Å². The third kappa shape index (κ3) is 2.47. The van der Waals surface area contributed by atoms with E-state index in [0.717, 1.165) is 23.2 Å². The van der Waals surface area contributed by atoms with Crippen molar-refractivity contribution in [3.05, 3.63) is 28.3 Å². The molecule has 0 saturated carbocycles. The lowest BCUT2D eigenvalue weighted by Gasteiger charge is -2.14. The normalized spacial score (nSPS) is 13.1. The van der Waals surface area contributed by atoms with Gasteiger partial charge in [-0.05, 0) is 62.2 Å². The average molecular weight is 284 g/mol. The predicted molar refractivity (Wildman–Crippen MR) is 79.5 cm³/mol. The van der Waals surface area contributed by atoms with E-state index < -0.39 is 0 Å². The highest BCUT2D eigenvalue weighted by molar-refractivity contribution is 7.98. The number of hydrogen-bond acceptors (Lipinski definition) is 2. The summed E-state index contributed by atoms with van der Waals surface area (Å²) in [6, 6.07) is 3.72. The van der Waals surface area contributed by atoms with Crippen molar-refractivity contribution in [1.29, 1.82) is 0 Å². The van der Waals surface area contributed by atoms with Gasteiger partial charge in [0, 0.05) is 6.04 Å².